The Labute approximate surface area is 154 Å². The topological polar surface area (TPSA) is 49.8 Å². The molecule has 0 atom stereocenters. The first kappa shape index (κ1) is 19.9. The van der Waals surface area contributed by atoms with E-state index >= 15 is 0 Å². The molecule has 1 aromatic carbocycles. The molecule has 0 fully saturated rings. The molecule has 0 N–H and O–H groups in total. The summed E-state index contributed by atoms with van der Waals surface area (Å²) in [6, 6.07) is 1.97. The van der Waals surface area contributed by atoms with Crippen LogP contribution in [-0.2, 0) is 32.2 Å². The average molecular weight is 353 g/mol. The van der Waals surface area contributed by atoms with Crippen molar-refractivity contribution >= 4 is 10.8 Å². The normalized spacial score (nSPS) is 10.2. The highest BCUT2D eigenvalue weighted by Gasteiger charge is 2.17. The molecule has 0 radical (unpaired) electrons. The second kappa shape index (κ2) is 10.6. The summed E-state index contributed by atoms with van der Waals surface area (Å²) in [7, 11) is 6.56. The first-order chi connectivity index (χ1) is 12.8. The number of methoxy groups -OCH3 is 4. The van der Waals surface area contributed by atoms with Crippen molar-refractivity contribution in [2.24, 2.45) is 0 Å². The molecule has 0 aliphatic carbocycles. The van der Waals surface area contributed by atoms with Crippen molar-refractivity contribution in [3.8, 4) is 23.7 Å². The average Bonchev–Trinajstić information content (AvgIpc) is 2.66. The zero-order chi connectivity index (χ0) is 18.8. The van der Waals surface area contributed by atoms with Crippen molar-refractivity contribution in [3.05, 3.63) is 40.7 Å². The van der Waals surface area contributed by atoms with Crippen molar-refractivity contribution in [3.63, 3.8) is 0 Å². The molecule has 0 saturated heterocycles. The number of pyridine rings is 1. The Bertz CT molecular complexity index is 796. The van der Waals surface area contributed by atoms with Crippen molar-refractivity contribution in [2.75, 3.05) is 41.7 Å². The van der Waals surface area contributed by atoms with Crippen molar-refractivity contribution in [2.45, 2.75) is 13.2 Å². The minimum Gasteiger partial charge on any atom is -0.380 e. The minimum atomic E-state index is 0.335. The molecule has 5 heteroatoms. The van der Waals surface area contributed by atoms with Gasteiger partial charge < -0.3 is 18.9 Å². The number of hydrogen-bond acceptors (Lipinski definition) is 5. The van der Waals surface area contributed by atoms with E-state index in [4.69, 9.17) is 18.9 Å². The second-order valence-corrected chi connectivity index (χ2v) is 5.46. The van der Waals surface area contributed by atoms with E-state index < -0.39 is 0 Å². The molecule has 0 unspecified atom stereocenters. The SMILES string of the molecule is COCC#Cc1c(C#CCOC)c(COC)c2cnccc2c1COC. The Morgan fingerprint density at radius 1 is 0.769 bits per heavy atom. The maximum atomic E-state index is 5.44. The summed E-state index contributed by atoms with van der Waals surface area (Å²) in [5, 5.41) is 2.02. The minimum absolute atomic E-state index is 0.335. The molecule has 136 valence electrons. The van der Waals surface area contributed by atoms with Gasteiger partial charge in [-0.05, 0) is 11.5 Å². The number of ether oxygens (including phenoxy) is 4. The highest BCUT2D eigenvalue weighted by atomic mass is 16.5. The Hall–Kier alpha value is -2.41. The van der Waals surface area contributed by atoms with Crippen molar-refractivity contribution in [1.82, 2.24) is 4.98 Å². The molecule has 0 saturated carbocycles. The molecule has 0 spiro atoms. The monoisotopic (exact) mass is 353 g/mol. The Morgan fingerprint density at radius 2 is 1.31 bits per heavy atom. The van der Waals surface area contributed by atoms with E-state index in [1.807, 2.05) is 12.3 Å². The van der Waals surface area contributed by atoms with Crippen LogP contribution in [0.1, 0.15) is 22.3 Å². The van der Waals surface area contributed by atoms with Crippen LogP contribution >= 0.6 is 0 Å². The highest BCUT2D eigenvalue weighted by molar-refractivity contribution is 5.92. The number of benzene rings is 1. The predicted molar refractivity (Wildman–Crippen MR) is 101 cm³/mol. The van der Waals surface area contributed by atoms with E-state index in [0.29, 0.717) is 26.4 Å². The van der Waals surface area contributed by atoms with Gasteiger partial charge in [-0.3, -0.25) is 4.98 Å². The molecule has 0 aliphatic rings. The smallest absolute Gasteiger partial charge is 0.107 e. The molecule has 26 heavy (non-hydrogen) atoms. The molecular formula is C21H23NO4. The van der Waals surface area contributed by atoms with Crippen LogP contribution in [0.4, 0.5) is 0 Å². The first-order valence-electron chi connectivity index (χ1n) is 8.13. The van der Waals surface area contributed by atoms with Crippen molar-refractivity contribution < 1.29 is 18.9 Å². The quantitative estimate of drug-likeness (QED) is 0.747. The number of aromatic nitrogens is 1. The largest absolute Gasteiger partial charge is 0.380 e. The highest BCUT2D eigenvalue weighted by Crippen LogP contribution is 2.31. The van der Waals surface area contributed by atoms with Crippen LogP contribution in [0.3, 0.4) is 0 Å². The third-order valence-electron chi connectivity index (χ3n) is 3.76. The van der Waals surface area contributed by atoms with Gasteiger partial charge in [0.05, 0.1) is 13.2 Å². The lowest BCUT2D eigenvalue weighted by Gasteiger charge is -2.16. The Kier molecular flexibility index (Phi) is 8.08. The summed E-state index contributed by atoms with van der Waals surface area (Å²) in [6.45, 7) is 1.50. The van der Waals surface area contributed by atoms with E-state index in [-0.39, 0.29) is 0 Å². The summed E-state index contributed by atoms with van der Waals surface area (Å²) < 4.78 is 21.0. The maximum absolute atomic E-state index is 5.44. The third kappa shape index (κ3) is 4.60. The molecule has 1 aromatic heterocycles. The van der Waals surface area contributed by atoms with Gasteiger partial charge in [-0.25, -0.2) is 0 Å². The molecule has 0 aliphatic heterocycles. The molecule has 0 bridgehead atoms. The zero-order valence-corrected chi connectivity index (χ0v) is 15.6. The summed E-state index contributed by atoms with van der Waals surface area (Å²) >= 11 is 0. The summed E-state index contributed by atoms with van der Waals surface area (Å²) in [5.41, 5.74) is 3.59. The fraction of sp³-hybridized carbons (Fsp3) is 0.381. The number of rotatable bonds is 6. The van der Waals surface area contributed by atoms with Crippen LogP contribution in [0.2, 0.25) is 0 Å². The molecular weight excluding hydrogens is 330 g/mol. The van der Waals surface area contributed by atoms with Gasteiger partial charge in [0, 0.05) is 68.5 Å². The lowest BCUT2D eigenvalue weighted by atomic mass is 9.90. The number of hydrogen-bond donors (Lipinski definition) is 0. The van der Waals surface area contributed by atoms with Crippen LogP contribution in [0.25, 0.3) is 10.8 Å². The van der Waals surface area contributed by atoms with Crippen LogP contribution in [0.15, 0.2) is 18.5 Å². The van der Waals surface area contributed by atoms with E-state index in [1.54, 1.807) is 34.6 Å². The van der Waals surface area contributed by atoms with E-state index in [2.05, 4.69) is 28.7 Å². The molecule has 1 heterocycles. The van der Waals surface area contributed by atoms with Gasteiger partial charge in [-0.15, -0.1) is 0 Å². The standard InChI is InChI=1S/C21H23NO4/c1-23-11-5-7-16-17(8-6-12-24-2)21(15-26-4)19-13-22-10-9-18(19)20(16)14-25-3/h9-10,13H,11-12,14-15H2,1-4H3. The Balaban J connectivity index is 2.86. The van der Waals surface area contributed by atoms with Gasteiger partial charge in [0.1, 0.15) is 13.2 Å². The number of fused-ring (bicyclic) bond motifs is 1. The third-order valence-corrected chi connectivity index (χ3v) is 3.76. The van der Waals surface area contributed by atoms with Gasteiger partial charge in [-0.1, -0.05) is 23.7 Å². The van der Waals surface area contributed by atoms with E-state index in [1.165, 1.54) is 0 Å². The summed E-state index contributed by atoms with van der Waals surface area (Å²) in [6.07, 6.45) is 3.59. The van der Waals surface area contributed by atoms with Crippen LogP contribution in [0, 0.1) is 23.7 Å². The summed E-state index contributed by atoms with van der Waals surface area (Å²) in [5.74, 6) is 12.5. The van der Waals surface area contributed by atoms with Gasteiger partial charge in [-0.2, -0.15) is 0 Å². The van der Waals surface area contributed by atoms with Crippen LogP contribution < -0.4 is 0 Å². The summed E-state index contributed by atoms with van der Waals surface area (Å²) in [4.78, 5) is 4.27. The zero-order valence-electron chi connectivity index (χ0n) is 15.6. The van der Waals surface area contributed by atoms with Crippen LogP contribution in [-0.4, -0.2) is 46.6 Å². The molecule has 2 aromatic rings. The second-order valence-electron chi connectivity index (χ2n) is 5.46. The molecule has 0 amide bonds. The van der Waals surface area contributed by atoms with Gasteiger partial charge in [0.25, 0.3) is 0 Å². The first-order valence-corrected chi connectivity index (χ1v) is 8.13. The fourth-order valence-electron chi connectivity index (χ4n) is 2.73. The van der Waals surface area contributed by atoms with E-state index in [0.717, 1.165) is 33.0 Å². The maximum Gasteiger partial charge on any atom is 0.107 e. The van der Waals surface area contributed by atoms with Gasteiger partial charge in [0.2, 0.25) is 0 Å². The van der Waals surface area contributed by atoms with Crippen molar-refractivity contribution in [1.29, 1.82) is 0 Å². The lowest BCUT2D eigenvalue weighted by molar-refractivity contribution is 0.183. The number of nitrogens with zero attached hydrogens (tertiary/aromatic N) is 1. The molecule has 2 rings (SSSR count). The fourth-order valence-corrected chi connectivity index (χ4v) is 2.73. The van der Waals surface area contributed by atoms with Gasteiger partial charge >= 0.3 is 0 Å². The lowest BCUT2D eigenvalue weighted by Crippen LogP contribution is -2.05. The Morgan fingerprint density at radius 3 is 1.81 bits per heavy atom. The van der Waals surface area contributed by atoms with E-state index in [9.17, 15) is 0 Å². The predicted octanol–water partition coefficient (Wildman–Crippen LogP) is 2.52. The molecule has 5 nitrogen and oxygen atoms in total. The van der Waals surface area contributed by atoms with Gasteiger partial charge in [0.15, 0.2) is 0 Å². The van der Waals surface area contributed by atoms with Crippen LogP contribution in [0.5, 0.6) is 0 Å².